The van der Waals surface area contributed by atoms with Gasteiger partial charge in [-0.1, -0.05) is 11.6 Å². The van der Waals surface area contributed by atoms with E-state index in [9.17, 15) is 19.2 Å². The van der Waals surface area contributed by atoms with Crippen LogP contribution in [0.2, 0.25) is 5.02 Å². The number of hydrogen-bond acceptors (Lipinski definition) is 8. The third-order valence-corrected chi connectivity index (χ3v) is 4.20. The van der Waals surface area contributed by atoms with Crippen LogP contribution in [0.5, 0.6) is 0 Å². The zero-order valence-electron chi connectivity index (χ0n) is 16.3. The normalized spacial score (nSPS) is 16.2. The molecular formula is C19H21ClN2O7. The molecule has 29 heavy (non-hydrogen) atoms. The van der Waals surface area contributed by atoms with Gasteiger partial charge in [-0.2, -0.15) is 0 Å². The molecule has 1 aromatic carbocycles. The number of benzene rings is 1. The topological polar surface area (TPSA) is 120 Å². The van der Waals surface area contributed by atoms with Crippen LogP contribution < -0.4 is 10.6 Å². The molecule has 1 unspecified atom stereocenters. The largest absolute Gasteiger partial charge is 0.467 e. The summed E-state index contributed by atoms with van der Waals surface area (Å²) in [6.07, 6.45) is 1.24. The molecule has 1 aromatic rings. The lowest BCUT2D eigenvalue weighted by Gasteiger charge is -2.29. The summed E-state index contributed by atoms with van der Waals surface area (Å²) in [7, 11) is 1.21. The quantitative estimate of drug-likeness (QED) is 0.402. The summed E-state index contributed by atoms with van der Waals surface area (Å²) >= 11 is 6.20. The van der Waals surface area contributed by atoms with Crippen LogP contribution in [0.15, 0.2) is 30.0 Å². The zero-order chi connectivity index (χ0) is 21.8. The Morgan fingerprint density at radius 2 is 1.86 bits per heavy atom. The summed E-state index contributed by atoms with van der Waals surface area (Å²) in [5.74, 6) is -3.97. The van der Waals surface area contributed by atoms with Gasteiger partial charge in [-0.25, -0.2) is 14.4 Å². The number of hydrogen-bond donors (Lipinski definition) is 2. The summed E-state index contributed by atoms with van der Waals surface area (Å²) in [5.41, 5.74) is 0.717. The van der Waals surface area contributed by atoms with E-state index in [4.69, 9.17) is 25.8 Å². The van der Waals surface area contributed by atoms with Crippen molar-refractivity contribution in [3.63, 3.8) is 0 Å². The van der Waals surface area contributed by atoms with E-state index in [2.05, 4.69) is 10.6 Å². The molecule has 0 aliphatic carbocycles. The minimum Gasteiger partial charge on any atom is -0.467 e. The standard InChI is InChI=1S/C19H21ClN2O7/c1-10(23)22-15(18(26)27-4)8-11-7-12(5-6-14(11)20)21-9-13-16(24)28-19(2,3)29-17(13)25/h5-7,9,15,21H,8H2,1-4H3,(H,22,23). The molecule has 10 heteroatoms. The molecule has 0 aromatic heterocycles. The average Bonchev–Trinajstić information content (AvgIpc) is 2.60. The Bertz CT molecular complexity index is 857. The van der Waals surface area contributed by atoms with Gasteiger partial charge < -0.3 is 24.8 Å². The van der Waals surface area contributed by atoms with Gasteiger partial charge in [0.15, 0.2) is 5.57 Å². The summed E-state index contributed by atoms with van der Waals surface area (Å²) in [6, 6.07) is 3.87. The molecule has 1 atom stereocenters. The van der Waals surface area contributed by atoms with Crippen molar-refractivity contribution in [1.82, 2.24) is 5.32 Å². The Morgan fingerprint density at radius 3 is 2.41 bits per heavy atom. The number of esters is 3. The van der Waals surface area contributed by atoms with Gasteiger partial charge in [0.05, 0.1) is 7.11 Å². The number of amides is 1. The predicted molar refractivity (Wildman–Crippen MR) is 103 cm³/mol. The number of halogens is 1. The van der Waals surface area contributed by atoms with Gasteiger partial charge in [0.1, 0.15) is 6.04 Å². The number of nitrogens with one attached hydrogen (secondary N) is 2. The van der Waals surface area contributed by atoms with Crippen molar-refractivity contribution in [2.24, 2.45) is 0 Å². The molecule has 1 fully saturated rings. The highest BCUT2D eigenvalue weighted by Gasteiger charge is 2.38. The molecule has 0 radical (unpaired) electrons. The molecule has 2 N–H and O–H groups in total. The summed E-state index contributed by atoms with van der Waals surface area (Å²) in [5, 5.41) is 5.67. The van der Waals surface area contributed by atoms with Gasteiger partial charge in [0.2, 0.25) is 5.91 Å². The summed E-state index contributed by atoms with van der Waals surface area (Å²) < 4.78 is 14.7. The van der Waals surface area contributed by atoms with Crippen LogP contribution >= 0.6 is 11.6 Å². The number of ether oxygens (including phenoxy) is 3. The van der Waals surface area contributed by atoms with Gasteiger partial charge in [-0.3, -0.25) is 4.79 Å². The first kappa shape index (κ1) is 22.2. The monoisotopic (exact) mass is 424 g/mol. The number of cyclic esters (lactones) is 2. The lowest BCUT2D eigenvalue weighted by atomic mass is 10.0. The molecule has 1 amide bonds. The van der Waals surface area contributed by atoms with Crippen molar-refractivity contribution in [1.29, 1.82) is 0 Å². The highest BCUT2D eigenvalue weighted by molar-refractivity contribution is 6.31. The molecule has 1 aliphatic rings. The van der Waals surface area contributed by atoms with Crippen LogP contribution in [0.25, 0.3) is 0 Å². The van der Waals surface area contributed by atoms with Gasteiger partial charge in [-0.15, -0.1) is 0 Å². The minimum atomic E-state index is -1.33. The van der Waals surface area contributed by atoms with Gasteiger partial charge in [0.25, 0.3) is 5.79 Å². The molecule has 0 spiro atoms. The van der Waals surface area contributed by atoms with Crippen molar-refractivity contribution in [3.8, 4) is 0 Å². The van der Waals surface area contributed by atoms with Crippen LogP contribution in [0.3, 0.4) is 0 Å². The zero-order valence-corrected chi connectivity index (χ0v) is 17.1. The van der Waals surface area contributed by atoms with E-state index in [0.717, 1.165) is 0 Å². The number of rotatable bonds is 6. The molecule has 2 rings (SSSR count). The van der Waals surface area contributed by atoms with Crippen molar-refractivity contribution in [2.45, 2.75) is 39.0 Å². The van der Waals surface area contributed by atoms with E-state index in [1.165, 1.54) is 34.1 Å². The van der Waals surface area contributed by atoms with E-state index in [1.54, 1.807) is 18.2 Å². The Morgan fingerprint density at radius 1 is 1.24 bits per heavy atom. The SMILES string of the molecule is COC(=O)C(Cc1cc(NC=C2C(=O)OC(C)(C)OC2=O)ccc1Cl)NC(C)=O. The summed E-state index contributed by atoms with van der Waals surface area (Å²) in [4.78, 5) is 47.2. The van der Waals surface area contributed by atoms with Gasteiger partial charge in [-0.05, 0) is 23.8 Å². The highest BCUT2D eigenvalue weighted by atomic mass is 35.5. The number of carbonyl (C=O) groups excluding carboxylic acids is 4. The highest BCUT2D eigenvalue weighted by Crippen LogP contribution is 2.25. The molecular weight excluding hydrogens is 404 g/mol. The smallest absolute Gasteiger partial charge is 0.350 e. The Hall–Kier alpha value is -3.07. The molecule has 1 saturated heterocycles. The fraction of sp³-hybridized carbons (Fsp3) is 0.368. The maximum Gasteiger partial charge on any atom is 0.350 e. The fourth-order valence-electron chi connectivity index (χ4n) is 2.56. The fourth-order valence-corrected chi connectivity index (χ4v) is 2.75. The lowest BCUT2D eigenvalue weighted by molar-refractivity contribution is -0.222. The van der Waals surface area contributed by atoms with Crippen molar-refractivity contribution in [2.75, 3.05) is 12.4 Å². The summed E-state index contributed by atoms with van der Waals surface area (Å²) in [6.45, 7) is 4.18. The van der Waals surface area contributed by atoms with Gasteiger partial charge >= 0.3 is 17.9 Å². The maximum absolute atomic E-state index is 12.0. The van der Waals surface area contributed by atoms with Crippen LogP contribution in [-0.4, -0.2) is 42.8 Å². The van der Waals surface area contributed by atoms with E-state index in [-0.39, 0.29) is 12.0 Å². The average molecular weight is 425 g/mol. The molecule has 0 saturated carbocycles. The Balaban J connectivity index is 2.20. The van der Waals surface area contributed by atoms with E-state index >= 15 is 0 Å². The minimum absolute atomic E-state index is 0.0788. The third-order valence-electron chi connectivity index (χ3n) is 3.83. The number of methoxy groups -OCH3 is 1. The van der Waals surface area contributed by atoms with Crippen LogP contribution in [0, 0.1) is 0 Å². The first-order valence-corrected chi connectivity index (χ1v) is 8.97. The Labute approximate surface area is 172 Å². The first-order chi connectivity index (χ1) is 13.5. The molecule has 0 bridgehead atoms. The molecule has 156 valence electrons. The Kier molecular flexibility index (Phi) is 6.86. The van der Waals surface area contributed by atoms with Crippen LogP contribution in [0.1, 0.15) is 26.3 Å². The predicted octanol–water partition coefficient (Wildman–Crippen LogP) is 1.69. The van der Waals surface area contributed by atoms with Gasteiger partial charge in [0, 0.05) is 44.1 Å². The van der Waals surface area contributed by atoms with Crippen LogP contribution in [0.4, 0.5) is 5.69 Å². The van der Waals surface area contributed by atoms with Crippen LogP contribution in [-0.2, 0) is 39.8 Å². The molecule has 9 nitrogen and oxygen atoms in total. The second kappa shape index (κ2) is 8.95. The van der Waals surface area contributed by atoms with Crippen molar-refractivity contribution >= 4 is 41.1 Å². The van der Waals surface area contributed by atoms with Crippen molar-refractivity contribution < 1.29 is 33.4 Å². The van der Waals surface area contributed by atoms with E-state index in [0.29, 0.717) is 16.3 Å². The first-order valence-electron chi connectivity index (χ1n) is 8.59. The maximum atomic E-state index is 12.0. The number of carbonyl (C=O) groups is 4. The third kappa shape index (κ3) is 5.95. The molecule has 1 heterocycles. The molecule has 1 aliphatic heterocycles. The van der Waals surface area contributed by atoms with Crippen molar-refractivity contribution in [3.05, 3.63) is 40.6 Å². The van der Waals surface area contributed by atoms with E-state index < -0.39 is 35.6 Å². The number of anilines is 1. The lowest BCUT2D eigenvalue weighted by Crippen LogP contribution is -2.42. The van der Waals surface area contributed by atoms with E-state index in [1.807, 2.05) is 0 Å². The second-order valence-electron chi connectivity index (χ2n) is 6.67. The second-order valence-corrected chi connectivity index (χ2v) is 7.08.